The topological polar surface area (TPSA) is 66.0 Å². The Morgan fingerprint density at radius 1 is 1.45 bits per heavy atom. The summed E-state index contributed by atoms with van der Waals surface area (Å²) >= 11 is 0. The van der Waals surface area contributed by atoms with Crippen LogP contribution in [0.15, 0.2) is 5.16 Å². The molecule has 1 heterocycles. The molecule has 2 amide bonds. The van der Waals surface area contributed by atoms with Crippen LogP contribution < -0.4 is 10.6 Å². The van der Waals surface area contributed by atoms with E-state index < -0.39 is 0 Å². The number of nitrogens with zero attached hydrogens (tertiary/aromatic N) is 2. The van der Waals surface area contributed by atoms with Crippen molar-refractivity contribution in [3.63, 3.8) is 0 Å². The Kier molecular flexibility index (Phi) is 6.11. The van der Waals surface area contributed by atoms with Gasteiger partial charge >= 0.3 is 6.03 Å². The molecule has 0 bridgehead atoms. The molecule has 1 saturated carbocycles. The first kappa shape index (κ1) is 15.1. The summed E-state index contributed by atoms with van der Waals surface area (Å²) in [7, 11) is 0. The van der Waals surface area contributed by atoms with Crippen LogP contribution in [0.1, 0.15) is 39.0 Å². The molecule has 0 radical (unpaired) electrons. The maximum absolute atomic E-state index is 12.2. The fourth-order valence-corrected chi connectivity index (χ4v) is 2.70. The summed E-state index contributed by atoms with van der Waals surface area (Å²) in [5.74, 6) is 0. The van der Waals surface area contributed by atoms with Crippen LogP contribution in [-0.2, 0) is 4.84 Å². The highest BCUT2D eigenvalue weighted by molar-refractivity contribution is 5.85. The zero-order valence-electron chi connectivity index (χ0n) is 12.4. The van der Waals surface area contributed by atoms with Crippen molar-refractivity contribution in [1.29, 1.82) is 0 Å². The van der Waals surface area contributed by atoms with E-state index in [4.69, 9.17) is 4.84 Å². The molecule has 1 unspecified atom stereocenters. The van der Waals surface area contributed by atoms with Crippen LogP contribution in [0, 0.1) is 0 Å². The standard InChI is InChI=1S/C14H26N4O2/c1-2-20-17-13-6-4-3-5-12(11-13)16-14(19)18-9-7-15-8-10-18/h12,15H,2-11H2,1H3,(H,16,19)/b17-13+. The van der Waals surface area contributed by atoms with Gasteiger partial charge in [-0.1, -0.05) is 11.6 Å². The lowest BCUT2D eigenvalue weighted by atomic mass is 10.1. The van der Waals surface area contributed by atoms with Crippen molar-refractivity contribution in [1.82, 2.24) is 15.5 Å². The molecule has 2 rings (SSSR count). The third-order valence-corrected chi connectivity index (χ3v) is 3.80. The molecule has 2 aliphatic rings. The first-order chi connectivity index (χ1) is 9.79. The van der Waals surface area contributed by atoms with Crippen molar-refractivity contribution in [3.05, 3.63) is 0 Å². The third-order valence-electron chi connectivity index (χ3n) is 3.80. The minimum absolute atomic E-state index is 0.0640. The number of carbonyl (C=O) groups excluding carboxylic acids is 1. The zero-order valence-corrected chi connectivity index (χ0v) is 12.4. The van der Waals surface area contributed by atoms with Gasteiger partial charge in [-0.15, -0.1) is 0 Å². The van der Waals surface area contributed by atoms with E-state index in [0.29, 0.717) is 6.61 Å². The summed E-state index contributed by atoms with van der Waals surface area (Å²) in [5.41, 5.74) is 1.08. The van der Waals surface area contributed by atoms with Gasteiger partial charge in [-0.25, -0.2) is 4.79 Å². The van der Waals surface area contributed by atoms with Crippen molar-refractivity contribution in [2.24, 2.45) is 5.16 Å². The second-order valence-corrected chi connectivity index (χ2v) is 5.41. The monoisotopic (exact) mass is 282 g/mol. The van der Waals surface area contributed by atoms with E-state index in [1.165, 1.54) is 0 Å². The Morgan fingerprint density at radius 3 is 3.00 bits per heavy atom. The van der Waals surface area contributed by atoms with Crippen LogP contribution >= 0.6 is 0 Å². The van der Waals surface area contributed by atoms with Gasteiger partial charge in [0.1, 0.15) is 6.61 Å². The van der Waals surface area contributed by atoms with Gasteiger partial charge in [0.2, 0.25) is 0 Å². The molecular weight excluding hydrogens is 256 g/mol. The lowest BCUT2D eigenvalue weighted by Crippen LogP contribution is -2.52. The van der Waals surface area contributed by atoms with Crippen LogP contribution in [0.2, 0.25) is 0 Å². The molecule has 2 N–H and O–H groups in total. The quantitative estimate of drug-likeness (QED) is 0.606. The molecule has 0 spiro atoms. The average molecular weight is 282 g/mol. The van der Waals surface area contributed by atoms with Crippen LogP contribution in [0.5, 0.6) is 0 Å². The molecule has 0 aromatic heterocycles. The van der Waals surface area contributed by atoms with E-state index in [0.717, 1.165) is 64.0 Å². The number of rotatable bonds is 3. The van der Waals surface area contributed by atoms with Gasteiger partial charge in [-0.3, -0.25) is 0 Å². The predicted molar refractivity (Wildman–Crippen MR) is 78.9 cm³/mol. The lowest BCUT2D eigenvalue weighted by Gasteiger charge is -2.29. The van der Waals surface area contributed by atoms with Crippen LogP contribution in [-0.4, -0.2) is 55.5 Å². The Balaban J connectivity index is 1.84. The molecule has 114 valence electrons. The third kappa shape index (κ3) is 4.67. The van der Waals surface area contributed by atoms with Gasteiger partial charge in [0.05, 0.1) is 5.71 Å². The van der Waals surface area contributed by atoms with Crippen molar-refractivity contribution < 1.29 is 9.63 Å². The van der Waals surface area contributed by atoms with Gasteiger partial charge in [0, 0.05) is 38.6 Å². The molecule has 1 saturated heterocycles. The molecule has 1 atom stereocenters. The maximum atomic E-state index is 12.2. The highest BCUT2D eigenvalue weighted by Crippen LogP contribution is 2.16. The summed E-state index contributed by atoms with van der Waals surface area (Å²) in [6, 6.07) is 0.258. The summed E-state index contributed by atoms with van der Waals surface area (Å²) in [6.07, 6.45) is 5.10. The largest absolute Gasteiger partial charge is 0.396 e. The van der Waals surface area contributed by atoms with Crippen molar-refractivity contribution in [2.45, 2.75) is 45.1 Å². The summed E-state index contributed by atoms with van der Waals surface area (Å²) in [6.45, 7) is 5.88. The van der Waals surface area contributed by atoms with Gasteiger partial charge in [-0.2, -0.15) is 0 Å². The molecule has 20 heavy (non-hydrogen) atoms. The SMILES string of the molecule is CCO/N=C1\CCCCC(NC(=O)N2CCNCC2)C1. The molecule has 0 aromatic rings. The van der Waals surface area contributed by atoms with Gasteiger partial charge < -0.3 is 20.4 Å². The fraction of sp³-hybridized carbons (Fsp3) is 0.857. The summed E-state index contributed by atoms with van der Waals surface area (Å²) < 4.78 is 0. The number of piperazine rings is 1. The van der Waals surface area contributed by atoms with E-state index in [2.05, 4.69) is 15.8 Å². The van der Waals surface area contributed by atoms with Crippen LogP contribution in [0.25, 0.3) is 0 Å². The van der Waals surface area contributed by atoms with Crippen LogP contribution in [0.3, 0.4) is 0 Å². The maximum Gasteiger partial charge on any atom is 0.317 e. The second kappa shape index (κ2) is 8.09. The van der Waals surface area contributed by atoms with Gasteiger partial charge in [0.15, 0.2) is 0 Å². The first-order valence-electron chi connectivity index (χ1n) is 7.73. The number of hydrogen-bond donors (Lipinski definition) is 2. The minimum Gasteiger partial charge on any atom is -0.396 e. The van der Waals surface area contributed by atoms with E-state index in [9.17, 15) is 4.79 Å². The van der Waals surface area contributed by atoms with E-state index in [1.807, 2.05) is 11.8 Å². The Bertz CT molecular complexity index is 340. The molecule has 1 aliphatic carbocycles. The van der Waals surface area contributed by atoms with Crippen LogP contribution in [0.4, 0.5) is 4.79 Å². The van der Waals surface area contributed by atoms with Crippen molar-refractivity contribution in [3.8, 4) is 0 Å². The number of nitrogens with one attached hydrogen (secondary N) is 2. The second-order valence-electron chi connectivity index (χ2n) is 5.41. The highest BCUT2D eigenvalue weighted by Gasteiger charge is 2.22. The molecule has 2 fully saturated rings. The van der Waals surface area contributed by atoms with Crippen molar-refractivity contribution in [2.75, 3.05) is 32.8 Å². The van der Waals surface area contributed by atoms with Gasteiger partial charge in [0.25, 0.3) is 0 Å². The zero-order chi connectivity index (χ0) is 14.2. The highest BCUT2D eigenvalue weighted by atomic mass is 16.6. The summed E-state index contributed by atoms with van der Waals surface area (Å²) in [4.78, 5) is 19.3. The number of carbonyl (C=O) groups is 1. The molecular formula is C14H26N4O2. The molecule has 6 heteroatoms. The molecule has 1 aliphatic heterocycles. The minimum atomic E-state index is 0.0640. The van der Waals surface area contributed by atoms with E-state index >= 15 is 0 Å². The Morgan fingerprint density at radius 2 is 2.25 bits per heavy atom. The normalized spacial score (nSPS) is 26.1. The Labute approximate surface area is 120 Å². The smallest absolute Gasteiger partial charge is 0.317 e. The molecule has 0 aromatic carbocycles. The van der Waals surface area contributed by atoms with E-state index in [1.54, 1.807) is 0 Å². The first-order valence-corrected chi connectivity index (χ1v) is 7.73. The number of hydrogen-bond acceptors (Lipinski definition) is 4. The van der Waals surface area contributed by atoms with Gasteiger partial charge in [-0.05, 0) is 26.2 Å². The van der Waals surface area contributed by atoms with Crippen molar-refractivity contribution >= 4 is 11.7 Å². The summed E-state index contributed by atoms with van der Waals surface area (Å²) in [5, 5.41) is 10.6. The number of oxime groups is 1. The average Bonchev–Trinajstić information content (AvgIpc) is 2.71. The van der Waals surface area contributed by atoms with E-state index in [-0.39, 0.29) is 12.1 Å². The number of amides is 2. The number of urea groups is 1. The lowest BCUT2D eigenvalue weighted by molar-refractivity contribution is 0.157. The molecule has 6 nitrogen and oxygen atoms in total. The fourth-order valence-electron chi connectivity index (χ4n) is 2.70. The Hall–Kier alpha value is -1.30. The predicted octanol–water partition coefficient (Wildman–Crippen LogP) is 1.33.